The van der Waals surface area contributed by atoms with Crippen LogP contribution in [0.3, 0.4) is 0 Å². The van der Waals surface area contributed by atoms with Gasteiger partial charge in [-0.25, -0.2) is 4.79 Å². The molecule has 0 aliphatic heterocycles. The van der Waals surface area contributed by atoms with Gasteiger partial charge in [-0.1, -0.05) is 13.0 Å². The molecule has 0 aromatic carbocycles. The van der Waals surface area contributed by atoms with E-state index in [0.717, 1.165) is 29.7 Å². The molecule has 126 valence electrons. The number of methoxy groups -OCH3 is 1. The Morgan fingerprint density at radius 3 is 2.96 bits per heavy atom. The fourth-order valence-corrected chi connectivity index (χ4v) is 4.87. The van der Waals surface area contributed by atoms with Gasteiger partial charge in [-0.2, -0.15) is 0 Å². The number of amides is 1. The number of rotatable bonds is 4. The highest BCUT2D eigenvalue weighted by Gasteiger charge is 2.28. The summed E-state index contributed by atoms with van der Waals surface area (Å²) in [6, 6.07) is 3.88. The van der Waals surface area contributed by atoms with Gasteiger partial charge in [-0.15, -0.1) is 22.7 Å². The molecule has 1 atom stereocenters. The van der Waals surface area contributed by atoms with Gasteiger partial charge in [-0.05, 0) is 48.3 Å². The van der Waals surface area contributed by atoms with E-state index in [4.69, 9.17) is 4.74 Å². The monoisotopic (exact) mass is 361 g/mol. The first-order valence-electron chi connectivity index (χ1n) is 7.84. The Kier molecular flexibility index (Phi) is 5.16. The highest BCUT2D eigenvalue weighted by atomic mass is 32.1. The number of hydrogen-bond acceptors (Lipinski definition) is 5. The van der Waals surface area contributed by atoms with Crippen LogP contribution in [0.25, 0.3) is 6.08 Å². The van der Waals surface area contributed by atoms with Crippen LogP contribution in [0, 0.1) is 5.92 Å². The molecular weight excluding hydrogens is 342 g/mol. The summed E-state index contributed by atoms with van der Waals surface area (Å²) in [5.74, 6) is -0.0105. The van der Waals surface area contributed by atoms with Crippen molar-refractivity contribution >= 4 is 45.6 Å². The maximum absolute atomic E-state index is 12.2. The molecule has 0 fully saturated rings. The Hall–Kier alpha value is -1.92. The standard InChI is InChI=1S/C18H19NO3S2/c1-11-5-7-13-14(10-11)24-17(16(13)18(21)22-2)19-15(20)8-6-12-4-3-9-23-12/h3-4,6,8-9,11H,5,7,10H2,1-2H3,(H,19,20)/b8-6+/t11-/m1/s1. The van der Waals surface area contributed by atoms with Crippen LogP contribution in [0.4, 0.5) is 5.00 Å². The molecule has 2 aromatic heterocycles. The summed E-state index contributed by atoms with van der Waals surface area (Å²) in [7, 11) is 1.38. The third-order valence-electron chi connectivity index (χ3n) is 4.08. The molecule has 2 heterocycles. The molecule has 6 heteroatoms. The van der Waals surface area contributed by atoms with Crippen molar-refractivity contribution in [2.45, 2.75) is 26.2 Å². The van der Waals surface area contributed by atoms with Gasteiger partial charge < -0.3 is 10.1 Å². The molecule has 0 saturated heterocycles. The Labute approximate surface area is 149 Å². The van der Waals surface area contributed by atoms with E-state index in [2.05, 4.69) is 12.2 Å². The van der Waals surface area contributed by atoms with Crippen molar-refractivity contribution in [3.05, 3.63) is 44.5 Å². The van der Waals surface area contributed by atoms with E-state index >= 15 is 0 Å². The van der Waals surface area contributed by atoms with Crippen LogP contribution in [-0.4, -0.2) is 19.0 Å². The predicted octanol–water partition coefficient (Wildman–Crippen LogP) is 4.37. The molecule has 24 heavy (non-hydrogen) atoms. The van der Waals surface area contributed by atoms with E-state index in [9.17, 15) is 9.59 Å². The molecule has 3 rings (SSSR count). The first kappa shape index (κ1) is 16.9. The van der Waals surface area contributed by atoms with E-state index in [1.165, 1.54) is 29.4 Å². The van der Waals surface area contributed by atoms with Gasteiger partial charge in [0.25, 0.3) is 0 Å². The second kappa shape index (κ2) is 7.32. The maximum Gasteiger partial charge on any atom is 0.341 e. The van der Waals surface area contributed by atoms with Crippen LogP contribution in [-0.2, 0) is 22.4 Å². The van der Waals surface area contributed by atoms with Gasteiger partial charge in [0.15, 0.2) is 0 Å². The quantitative estimate of drug-likeness (QED) is 0.650. The predicted molar refractivity (Wildman–Crippen MR) is 98.8 cm³/mol. The molecule has 1 amide bonds. The molecular formula is C18H19NO3S2. The summed E-state index contributed by atoms with van der Waals surface area (Å²) < 4.78 is 4.93. The molecule has 1 aliphatic carbocycles. The molecule has 1 N–H and O–H groups in total. The fourth-order valence-electron chi connectivity index (χ4n) is 2.85. The van der Waals surface area contributed by atoms with Crippen LogP contribution in [0.2, 0.25) is 0 Å². The van der Waals surface area contributed by atoms with E-state index in [1.54, 1.807) is 17.4 Å². The summed E-state index contributed by atoms with van der Waals surface area (Å²) in [6.45, 7) is 2.21. The minimum atomic E-state index is -0.375. The first-order valence-corrected chi connectivity index (χ1v) is 9.53. The average Bonchev–Trinajstić information content (AvgIpc) is 3.19. The van der Waals surface area contributed by atoms with E-state index < -0.39 is 0 Å². The summed E-state index contributed by atoms with van der Waals surface area (Å²) in [4.78, 5) is 26.6. The molecule has 0 spiro atoms. The molecule has 0 radical (unpaired) electrons. The van der Waals surface area contributed by atoms with Gasteiger partial charge in [0.1, 0.15) is 5.00 Å². The Bertz CT molecular complexity index is 775. The second-order valence-corrected chi connectivity index (χ2v) is 7.97. The zero-order valence-corrected chi connectivity index (χ0v) is 15.3. The molecule has 4 nitrogen and oxygen atoms in total. The highest BCUT2D eigenvalue weighted by molar-refractivity contribution is 7.17. The van der Waals surface area contributed by atoms with E-state index in [0.29, 0.717) is 16.5 Å². The molecule has 2 aromatic rings. The topological polar surface area (TPSA) is 55.4 Å². The zero-order chi connectivity index (χ0) is 17.1. The number of carbonyl (C=O) groups is 2. The van der Waals surface area contributed by atoms with Crippen LogP contribution in [0.15, 0.2) is 23.6 Å². The number of thiophene rings is 2. The van der Waals surface area contributed by atoms with E-state index in [1.807, 2.05) is 17.5 Å². The van der Waals surface area contributed by atoms with Crippen molar-refractivity contribution in [3.63, 3.8) is 0 Å². The highest BCUT2D eigenvalue weighted by Crippen LogP contribution is 2.40. The number of fused-ring (bicyclic) bond motifs is 1. The lowest BCUT2D eigenvalue weighted by molar-refractivity contribution is -0.111. The summed E-state index contributed by atoms with van der Waals surface area (Å²) in [6.07, 6.45) is 6.13. The molecule has 0 saturated carbocycles. The van der Waals surface area contributed by atoms with Crippen molar-refractivity contribution in [1.29, 1.82) is 0 Å². The molecule has 1 aliphatic rings. The van der Waals surface area contributed by atoms with Crippen molar-refractivity contribution in [3.8, 4) is 0 Å². The number of carbonyl (C=O) groups excluding carboxylic acids is 2. The number of hydrogen-bond donors (Lipinski definition) is 1. The van der Waals surface area contributed by atoms with Crippen LogP contribution < -0.4 is 5.32 Å². The van der Waals surface area contributed by atoms with E-state index in [-0.39, 0.29) is 11.9 Å². The lowest BCUT2D eigenvalue weighted by atomic mass is 9.88. The Morgan fingerprint density at radius 2 is 2.25 bits per heavy atom. The van der Waals surface area contributed by atoms with Gasteiger partial charge in [0.2, 0.25) is 5.91 Å². The number of nitrogens with one attached hydrogen (secondary N) is 1. The number of esters is 1. The van der Waals surface area contributed by atoms with Gasteiger partial charge in [0, 0.05) is 15.8 Å². The summed E-state index contributed by atoms with van der Waals surface area (Å²) in [5.41, 5.74) is 1.57. The van der Waals surface area contributed by atoms with Gasteiger partial charge >= 0.3 is 5.97 Å². The van der Waals surface area contributed by atoms with Crippen LogP contribution >= 0.6 is 22.7 Å². The minimum Gasteiger partial charge on any atom is -0.465 e. The minimum absolute atomic E-state index is 0.236. The fraction of sp³-hybridized carbons (Fsp3) is 0.333. The second-order valence-electron chi connectivity index (χ2n) is 5.89. The van der Waals surface area contributed by atoms with Crippen molar-refractivity contribution in [2.24, 2.45) is 5.92 Å². The van der Waals surface area contributed by atoms with Crippen molar-refractivity contribution in [2.75, 3.05) is 12.4 Å². The van der Waals surface area contributed by atoms with Gasteiger partial charge in [-0.3, -0.25) is 4.79 Å². The van der Waals surface area contributed by atoms with Crippen molar-refractivity contribution in [1.82, 2.24) is 0 Å². The summed E-state index contributed by atoms with van der Waals surface area (Å²) in [5, 5.41) is 5.42. The first-order chi connectivity index (χ1) is 11.6. The van der Waals surface area contributed by atoms with Crippen LogP contribution in [0.5, 0.6) is 0 Å². The lowest BCUT2D eigenvalue weighted by Crippen LogP contribution is -2.14. The third kappa shape index (κ3) is 3.60. The zero-order valence-electron chi connectivity index (χ0n) is 13.6. The number of anilines is 1. The average molecular weight is 361 g/mol. The van der Waals surface area contributed by atoms with Crippen LogP contribution in [0.1, 0.15) is 39.0 Å². The van der Waals surface area contributed by atoms with Crippen molar-refractivity contribution < 1.29 is 14.3 Å². The lowest BCUT2D eigenvalue weighted by Gasteiger charge is -2.18. The molecule has 0 bridgehead atoms. The normalized spacial score (nSPS) is 16.8. The SMILES string of the molecule is COC(=O)c1c(NC(=O)/C=C/c2cccs2)sc2c1CC[C@@H](C)C2. The smallest absolute Gasteiger partial charge is 0.341 e. The Balaban J connectivity index is 1.84. The Morgan fingerprint density at radius 1 is 1.42 bits per heavy atom. The van der Waals surface area contributed by atoms with Gasteiger partial charge in [0.05, 0.1) is 12.7 Å². The summed E-state index contributed by atoms with van der Waals surface area (Å²) >= 11 is 3.06. The number of ether oxygens (including phenoxy) is 1. The largest absolute Gasteiger partial charge is 0.465 e. The third-order valence-corrected chi connectivity index (χ3v) is 6.09. The molecule has 0 unspecified atom stereocenters. The maximum atomic E-state index is 12.2.